The highest BCUT2D eigenvalue weighted by molar-refractivity contribution is 5.96. The van der Waals surface area contributed by atoms with Crippen molar-refractivity contribution < 1.29 is 9.59 Å². The highest BCUT2D eigenvalue weighted by Gasteiger charge is 2.37. The summed E-state index contributed by atoms with van der Waals surface area (Å²) in [5, 5.41) is 6.73. The van der Waals surface area contributed by atoms with Gasteiger partial charge >= 0.3 is 0 Å². The summed E-state index contributed by atoms with van der Waals surface area (Å²) in [6.07, 6.45) is 1.57. The SMILES string of the molecule is Cn1nccc1C(=O)N1CC(=O)NCC1(C)C. The van der Waals surface area contributed by atoms with Gasteiger partial charge in [-0.15, -0.1) is 0 Å². The molecule has 0 aromatic carbocycles. The molecule has 6 heteroatoms. The maximum atomic E-state index is 12.3. The minimum absolute atomic E-state index is 0.0943. The van der Waals surface area contributed by atoms with Crippen LogP contribution >= 0.6 is 0 Å². The van der Waals surface area contributed by atoms with Crippen molar-refractivity contribution in [3.8, 4) is 0 Å². The molecule has 92 valence electrons. The smallest absolute Gasteiger partial charge is 0.273 e. The van der Waals surface area contributed by atoms with E-state index in [-0.39, 0.29) is 23.9 Å². The zero-order valence-electron chi connectivity index (χ0n) is 10.2. The number of rotatable bonds is 1. The number of hydrogen-bond acceptors (Lipinski definition) is 3. The number of nitrogens with zero attached hydrogens (tertiary/aromatic N) is 3. The van der Waals surface area contributed by atoms with Gasteiger partial charge in [0.15, 0.2) is 0 Å². The number of hydrogen-bond donors (Lipinski definition) is 1. The van der Waals surface area contributed by atoms with Gasteiger partial charge in [-0.1, -0.05) is 0 Å². The van der Waals surface area contributed by atoms with Crippen LogP contribution in [0.3, 0.4) is 0 Å². The average Bonchev–Trinajstić information content (AvgIpc) is 2.67. The maximum absolute atomic E-state index is 12.3. The van der Waals surface area contributed by atoms with E-state index in [4.69, 9.17) is 0 Å². The molecule has 1 aliphatic rings. The molecule has 0 spiro atoms. The first-order valence-electron chi connectivity index (χ1n) is 5.48. The van der Waals surface area contributed by atoms with Crippen molar-refractivity contribution in [3.05, 3.63) is 18.0 Å². The fourth-order valence-electron chi connectivity index (χ4n) is 1.89. The Morgan fingerprint density at radius 2 is 2.24 bits per heavy atom. The van der Waals surface area contributed by atoms with Crippen LogP contribution in [-0.4, -0.2) is 45.1 Å². The lowest BCUT2D eigenvalue weighted by atomic mass is 9.99. The number of aryl methyl sites for hydroxylation is 1. The second-order valence-corrected chi connectivity index (χ2v) is 4.82. The van der Waals surface area contributed by atoms with Crippen molar-refractivity contribution in [1.82, 2.24) is 20.0 Å². The van der Waals surface area contributed by atoms with E-state index in [1.165, 1.54) is 4.68 Å². The number of piperazine rings is 1. The average molecular weight is 236 g/mol. The van der Waals surface area contributed by atoms with Crippen LogP contribution in [0.15, 0.2) is 12.3 Å². The quantitative estimate of drug-likeness (QED) is 0.732. The van der Waals surface area contributed by atoms with E-state index in [1.54, 1.807) is 24.2 Å². The molecule has 0 saturated carbocycles. The summed E-state index contributed by atoms with van der Waals surface area (Å²) in [5.74, 6) is -0.287. The zero-order valence-corrected chi connectivity index (χ0v) is 10.2. The second kappa shape index (κ2) is 3.87. The van der Waals surface area contributed by atoms with Gasteiger partial charge in [0.05, 0.1) is 5.54 Å². The van der Waals surface area contributed by atoms with Crippen LogP contribution < -0.4 is 5.32 Å². The van der Waals surface area contributed by atoms with Crippen LogP contribution in [0.5, 0.6) is 0 Å². The van der Waals surface area contributed by atoms with Crippen molar-refractivity contribution in [2.24, 2.45) is 7.05 Å². The predicted octanol–water partition coefficient (Wildman–Crippen LogP) is -0.229. The maximum Gasteiger partial charge on any atom is 0.273 e. The Hall–Kier alpha value is -1.85. The molecule has 1 aromatic heterocycles. The molecule has 17 heavy (non-hydrogen) atoms. The van der Waals surface area contributed by atoms with Gasteiger partial charge in [0, 0.05) is 19.8 Å². The van der Waals surface area contributed by atoms with E-state index in [9.17, 15) is 9.59 Å². The van der Waals surface area contributed by atoms with Crippen LogP contribution in [0.4, 0.5) is 0 Å². The first-order chi connectivity index (χ1) is 7.92. The van der Waals surface area contributed by atoms with E-state index in [2.05, 4.69) is 10.4 Å². The molecule has 2 rings (SSSR count). The van der Waals surface area contributed by atoms with Crippen LogP contribution in [0.25, 0.3) is 0 Å². The van der Waals surface area contributed by atoms with Crippen molar-refractivity contribution in [2.75, 3.05) is 13.1 Å². The Balaban J connectivity index is 2.29. The van der Waals surface area contributed by atoms with Crippen molar-refractivity contribution in [3.63, 3.8) is 0 Å². The highest BCUT2D eigenvalue weighted by Crippen LogP contribution is 2.19. The Labute approximate surface area is 99.6 Å². The molecule has 1 aromatic rings. The molecule has 0 bridgehead atoms. The molecule has 0 atom stereocenters. The summed E-state index contributed by atoms with van der Waals surface area (Å²) in [6, 6.07) is 1.66. The summed E-state index contributed by atoms with van der Waals surface area (Å²) in [5.41, 5.74) is 0.114. The highest BCUT2D eigenvalue weighted by atomic mass is 16.2. The Morgan fingerprint density at radius 1 is 1.53 bits per heavy atom. The Kier molecular flexibility index (Phi) is 2.65. The molecule has 1 saturated heterocycles. The van der Waals surface area contributed by atoms with Gasteiger partial charge in [-0.25, -0.2) is 0 Å². The first kappa shape index (κ1) is 11.6. The summed E-state index contributed by atoms with van der Waals surface area (Å²) in [6.45, 7) is 4.42. The van der Waals surface area contributed by atoms with Crippen LogP contribution in [-0.2, 0) is 11.8 Å². The van der Waals surface area contributed by atoms with E-state index in [0.717, 1.165) is 0 Å². The lowest BCUT2D eigenvalue weighted by molar-refractivity contribution is -0.126. The summed E-state index contributed by atoms with van der Waals surface area (Å²) >= 11 is 0. The molecule has 1 aliphatic heterocycles. The lowest BCUT2D eigenvalue weighted by Gasteiger charge is -2.41. The fraction of sp³-hybridized carbons (Fsp3) is 0.545. The van der Waals surface area contributed by atoms with Crippen LogP contribution in [0.1, 0.15) is 24.3 Å². The first-order valence-corrected chi connectivity index (χ1v) is 5.48. The van der Waals surface area contributed by atoms with Gasteiger partial charge in [0.25, 0.3) is 5.91 Å². The molecule has 2 amide bonds. The minimum atomic E-state index is -0.380. The lowest BCUT2D eigenvalue weighted by Crippen LogP contribution is -2.62. The van der Waals surface area contributed by atoms with E-state index in [1.807, 2.05) is 13.8 Å². The Bertz CT molecular complexity index is 464. The third-order valence-electron chi connectivity index (χ3n) is 3.04. The monoisotopic (exact) mass is 236 g/mol. The Morgan fingerprint density at radius 3 is 2.82 bits per heavy atom. The summed E-state index contributed by atoms with van der Waals surface area (Å²) in [7, 11) is 1.71. The van der Waals surface area contributed by atoms with Gasteiger partial charge in [-0.3, -0.25) is 14.3 Å². The second-order valence-electron chi connectivity index (χ2n) is 4.82. The summed E-state index contributed by atoms with van der Waals surface area (Å²) < 4.78 is 1.52. The zero-order chi connectivity index (χ0) is 12.6. The molecule has 6 nitrogen and oxygen atoms in total. The normalized spacial score (nSPS) is 19.0. The molecule has 0 radical (unpaired) electrons. The van der Waals surface area contributed by atoms with Crippen molar-refractivity contribution in [2.45, 2.75) is 19.4 Å². The standard InChI is InChI=1S/C11H16N4O2/c1-11(2)7-12-9(16)6-15(11)10(17)8-4-5-13-14(8)3/h4-5H,6-7H2,1-3H3,(H,12,16). The van der Waals surface area contributed by atoms with Crippen LogP contribution in [0, 0.1) is 0 Å². The number of aromatic nitrogens is 2. The summed E-state index contributed by atoms with van der Waals surface area (Å²) in [4.78, 5) is 25.3. The van der Waals surface area contributed by atoms with Crippen molar-refractivity contribution in [1.29, 1.82) is 0 Å². The van der Waals surface area contributed by atoms with Gasteiger partial charge < -0.3 is 10.2 Å². The third-order valence-corrected chi connectivity index (χ3v) is 3.04. The molecule has 1 N–H and O–H groups in total. The molecule has 0 aliphatic carbocycles. The van der Waals surface area contributed by atoms with E-state index < -0.39 is 0 Å². The molecule has 1 fully saturated rings. The molecule has 2 heterocycles. The number of nitrogens with one attached hydrogen (secondary N) is 1. The fourth-order valence-corrected chi connectivity index (χ4v) is 1.89. The number of carbonyl (C=O) groups is 2. The molecule has 0 unspecified atom stereocenters. The number of carbonyl (C=O) groups excluding carboxylic acids is 2. The van der Waals surface area contributed by atoms with Crippen LogP contribution in [0.2, 0.25) is 0 Å². The molecular weight excluding hydrogens is 220 g/mol. The largest absolute Gasteiger partial charge is 0.352 e. The van der Waals surface area contributed by atoms with E-state index in [0.29, 0.717) is 12.2 Å². The minimum Gasteiger partial charge on any atom is -0.352 e. The number of amides is 2. The van der Waals surface area contributed by atoms with Crippen molar-refractivity contribution >= 4 is 11.8 Å². The van der Waals surface area contributed by atoms with Gasteiger partial charge in [-0.05, 0) is 19.9 Å². The van der Waals surface area contributed by atoms with E-state index >= 15 is 0 Å². The molecular formula is C11H16N4O2. The van der Waals surface area contributed by atoms with Gasteiger partial charge in [0.1, 0.15) is 12.2 Å². The predicted molar refractivity (Wildman–Crippen MR) is 61.3 cm³/mol. The van der Waals surface area contributed by atoms with Gasteiger partial charge in [-0.2, -0.15) is 5.10 Å². The topological polar surface area (TPSA) is 67.2 Å². The third kappa shape index (κ3) is 2.02. The van der Waals surface area contributed by atoms with Gasteiger partial charge in [0.2, 0.25) is 5.91 Å².